The fourth-order valence-corrected chi connectivity index (χ4v) is 3.88. The van der Waals surface area contributed by atoms with E-state index in [2.05, 4.69) is 14.9 Å². The summed E-state index contributed by atoms with van der Waals surface area (Å²) in [6.45, 7) is 4.09. The van der Waals surface area contributed by atoms with Crippen LogP contribution in [0, 0.1) is 6.92 Å². The summed E-state index contributed by atoms with van der Waals surface area (Å²) in [6.07, 6.45) is 1.38. The zero-order chi connectivity index (χ0) is 14.9. The third kappa shape index (κ3) is 2.79. The van der Waals surface area contributed by atoms with E-state index >= 15 is 0 Å². The number of benzene rings is 1. The van der Waals surface area contributed by atoms with Gasteiger partial charge >= 0.3 is 0 Å². The van der Waals surface area contributed by atoms with E-state index < -0.39 is 10.0 Å². The molecule has 3 rings (SSSR count). The van der Waals surface area contributed by atoms with Gasteiger partial charge in [-0.1, -0.05) is 18.2 Å². The van der Waals surface area contributed by atoms with Crippen molar-refractivity contribution in [2.75, 3.05) is 31.1 Å². The molecule has 1 aromatic heterocycles. The fraction of sp³-hybridized carbons (Fsp3) is 0.357. The molecule has 1 fully saturated rings. The van der Waals surface area contributed by atoms with Gasteiger partial charge in [-0.25, -0.2) is 13.4 Å². The van der Waals surface area contributed by atoms with E-state index in [1.54, 1.807) is 6.92 Å². The first-order valence-corrected chi connectivity index (χ1v) is 8.33. The SMILES string of the molecule is Cc1ncc(S(=O)(=O)N2CCN(c3ccccc3)CC2)[nH]1. The number of hydrogen-bond acceptors (Lipinski definition) is 4. The molecule has 2 aromatic rings. The van der Waals surface area contributed by atoms with E-state index in [-0.39, 0.29) is 5.03 Å². The number of imidazole rings is 1. The number of sulfonamides is 1. The maximum absolute atomic E-state index is 12.5. The van der Waals surface area contributed by atoms with E-state index in [0.717, 1.165) is 5.69 Å². The molecule has 0 aliphatic carbocycles. The summed E-state index contributed by atoms with van der Waals surface area (Å²) < 4.78 is 26.5. The predicted octanol–water partition coefficient (Wildman–Crippen LogP) is 1.23. The second-order valence-corrected chi connectivity index (χ2v) is 6.97. The summed E-state index contributed by atoms with van der Waals surface area (Å²) in [5.41, 5.74) is 1.13. The molecular weight excluding hydrogens is 288 g/mol. The maximum atomic E-state index is 12.5. The summed E-state index contributed by atoms with van der Waals surface area (Å²) in [4.78, 5) is 8.97. The van der Waals surface area contributed by atoms with E-state index in [0.29, 0.717) is 32.0 Å². The Morgan fingerprint density at radius 3 is 2.33 bits per heavy atom. The van der Waals surface area contributed by atoms with Gasteiger partial charge in [-0.15, -0.1) is 0 Å². The van der Waals surface area contributed by atoms with Crippen molar-refractivity contribution >= 4 is 15.7 Å². The van der Waals surface area contributed by atoms with Gasteiger partial charge in [0.15, 0.2) is 5.03 Å². The Morgan fingerprint density at radius 1 is 1.10 bits per heavy atom. The van der Waals surface area contributed by atoms with Crippen molar-refractivity contribution in [1.29, 1.82) is 0 Å². The molecule has 2 heterocycles. The highest BCUT2D eigenvalue weighted by atomic mass is 32.2. The van der Waals surface area contributed by atoms with Crippen LogP contribution < -0.4 is 4.90 Å². The van der Waals surface area contributed by atoms with Crippen molar-refractivity contribution in [1.82, 2.24) is 14.3 Å². The third-order valence-corrected chi connectivity index (χ3v) is 5.47. The molecule has 0 spiro atoms. The molecule has 0 unspecified atom stereocenters. The lowest BCUT2D eigenvalue weighted by Crippen LogP contribution is -2.48. The average molecular weight is 306 g/mol. The number of rotatable bonds is 3. The van der Waals surface area contributed by atoms with Crippen LogP contribution in [0.1, 0.15) is 5.82 Å². The molecule has 0 bridgehead atoms. The van der Waals surface area contributed by atoms with Crippen molar-refractivity contribution in [3.63, 3.8) is 0 Å². The average Bonchev–Trinajstić information content (AvgIpc) is 2.96. The number of H-pyrrole nitrogens is 1. The van der Waals surface area contributed by atoms with Crippen LogP contribution in [0.25, 0.3) is 0 Å². The standard InChI is InChI=1S/C14H18N4O2S/c1-12-15-11-14(16-12)21(19,20)18-9-7-17(8-10-18)13-5-3-2-4-6-13/h2-6,11H,7-10H2,1H3,(H,15,16). The van der Waals surface area contributed by atoms with E-state index in [4.69, 9.17) is 0 Å². The quantitative estimate of drug-likeness (QED) is 0.926. The molecular formula is C14H18N4O2S. The summed E-state index contributed by atoms with van der Waals surface area (Å²) >= 11 is 0. The Kier molecular flexibility index (Phi) is 3.69. The number of aromatic nitrogens is 2. The van der Waals surface area contributed by atoms with Crippen molar-refractivity contribution in [2.45, 2.75) is 11.9 Å². The lowest BCUT2D eigenvalue weighted by atomic mass is 10.2. The number of nitrogens with zero attached hydrogens (tertiary/aromatic N) is 3. The second-order valence-electron chi connectivity index (χ2n) is 5.06. The Morgan fingerprint density at radius 2 is 1.76 bits per heavy atom. The molecule has 0 atom stereocenters. The monoisotopic (exact) mass is 306 g/mol. The molecule has 21 heavy (non-hydrogen) atoms. The summed E-state index contributed by atoms with van der Waals surface area (Å²) in [6, 6.07) is 10.0. The van der Waals surface area contributed by atoms with Gasteiger partial charge in [0.1, 0.15) is 5.82 Å². The van der Waals surface area contributed by atoms with Gasteiger partial charge in [0.05, 0.1) is 6.20 Å². The Bertz CT molecular complexity index is 704. The third-order valence-electron chi connectivity index (χ3n) is 3.66. The number of para-hydroxylation sites is 1. The highest BCUT2D eigenvalue weighted by Gasteiger charge is 2.29. The molecule has 0 radical (unpaired) electrons. The molecule has 1 saturated heterocycles. The van der Waals surface area contributed by atoms with Crippen molar-refractivity contribution in [3.05, 3.63) is 42.4 Å². The summed E-state index contributed by atoms with van der Waals surface area (Å²) in [7, 11) is -3.46. The van der Waals surface area contributed by atoms with Crippen LogP contribution in [-0.4, -0.2) is 48.9 Å². The predicted molar refractivity (Wildman–Crippen MR) is 80.7 cm³/mol. The van der Waals surface area contributed by atoms with Gasteiger partial charge in [-0.3, -0.25) is 0 Å². The normalized spacial score (nSPS) is 17.1. The first kappa shape index (κ1) is 14.1. The van der Waals surface area contributed by atoms with Crippen molar-refractivity contribution in [3.8, 4) is 0 Å². The molecule has 1 aliphatic heterocycles. The Labute approximate surface area is 124 Å². The molecule has 6 nitrogen and oxygen atoms in total. The van der Waals surface area contributed by atoms with Gasteiger partial charge in [-0.05, 0) is 19.1 Å². The van der Waals surface area contributed by atoms with Crippen LogP contribution >= 0.6 is 0 Å². The second kappa shape index (κ2) is 5.50. The smallest absolute Gasteiger partial charge is 0.260 e. The van der Waals surface area contributed by atoms with Gasteiger partial charge < -0.3 is 9.88 Å². The van der Waals surface area contributed by atoms with Crippen LogP contribution in [0.4, 0.5) is 5.69 Å². The molecule has 0 saturated carbocycles. The van der Waals surface area contributed by atoms with Crippen LogP contribution in [0.3, 0.4) is 0 Å². The van der Waals surface area contributed by atoms with Crippen molar-refractivity contribution in [2.24, 2.45) is 0 Å². The number of aryl methyl sites for hydroxylation is 1. The number of piperazine rings is 1. The van der Waals surface area contributed by atoms with E-state index in [1.165, 1.54) is 10.5 Å². The summed E-state index contributed by atoms with van der Waals surface area (Å²) in [5.74, 6) is 0.608. The number of anilines is 1. The van der Waals surface area contributed by atoms with Gasteiger partial charge in [0, 0.05) is 31.9 Å². The van der Waals surface area contributed by atoms with E-state index in [9.17, 15) is 8.42 Å². The molecule has 0 amide bonds. The fourth-order valence-electron chi connectivity index (χ4n) is 2.49. The zero-order valence-corrected chi connectivity index (χ0v) is 12.7. The van der Waals surface area contributed by atoms with Gasteiger partial charge in [0.25, 0.3) is 10.0 Å². The van der Waals surface area contributed by atoms with Crippen molar-refractivity contribution < 1.29 is 8.42 Å². The van der Waals surface area contributed by atoms with Crippen LogP contribution in [0.5, 0.6) is 0 Å². The zero-order valence-electron chi connectivity index (χ0n) is 11.9. The minimum absolute atomic E-state index is 0.174. The lowest BCUT2D eigenvalue weighted by molar-refractivity contribution is 0.383. The summed E-state index contributed by atoms with van der Waals surface area (Å²) in [5, 5.41) is 0.174. The first-order chi connectivity index (χ1) is 10.1. The van der Waals surface area contributed by atoms with Crippen LogP contribution in [0.15, 0.2) is 41.6 Å². The minimum Gasteiger partial charge on any atom is -0.369 e. The maximum Gasteiger partial charge on any atom is 0.260 e. The lowest BCUT2D eigenvalue weighted by Gasteiger charge is -2.35. The largest absolute Gasteiger partial charge is 0.369 e. The highest BCUT2D eigenvalue weighted by molar-refractivity contribution is 7.89. The number of hydrogen-bond donors (Lipinski definition) is 1. The first-order valence-electron chi connectivity index (χ1n) is 6.89. The van der Waals surface area contributed by atoms with Crippen LogP contribution in [-0.2, 0) is 10.0 Å². The highest BCUT2D eigenvalue weighted by Crippen LogP contribution is 2.19. The molecule has 1 aromatic carbocycles. The Balaban J connectivity index is 1.71. The number of nitrogens with one attached hydrogen (secondary N) is 1. The van der Waals surface area contributed by atoms with E-state index in [1.807, 2.05) is 30.3 Å². The Hall–Kier alpha value is -1.86. The number of aromatic amines is 1. The van der Waals surface area contributed by atoms with Gasteiger partial charge in [0.2, 0.25) is 0 Å². The minimum atomic E-state index is -3.46. The molecule has 7 heteroatoms. The van der Waals surface area contributed by atoms with Crippen LogP contribution in [0.2, 0.25) is 0 Å². The molecule has 112 valence electrons. The molecule has 1 aliphatic rings. The molecule has 1 N–H and O–H groups in total. The van der Waals surface area contributed by atoms with Gasteiger partial charge in [-0.2, -0.15) is 4.31 Å². The topological polar surface area (TPSA) is 69.3 Å².